The number of benzene rings is 1. The highest BCUT2D eigenvalue weighted by Crippen LogP contribution is 2.24. The molecule has 1 amide bonds. The lowest BCUT2D eigenvalue weighted by molar-refractivity contribution is -0.136. The first-order valence-corrected chi connectivity index (χ1v) is 8.72. The number of nitrogens with zero attached hydrogens (tertiary/aromatic N) is 1. The van der Waals surface area contributed by atoms with Crippen molar-refractivity contribution in [2.24, 2.45) is 0 Å². The number of rotatable bonds is 7. The third kappa shape index (κ3) is 5.47. The van der Waals surface area contributed by atoms with Crippen LogP contribution < -0.4 is 10.1 Å². The number of carboxylic acid groups (broad SMARTS) is 1. The topological polar surface area (TPSA) is 88.5 Å². The number of aliphatic carboxylic acids is 1. The molecule has 2 aromatic rings. The fourth-order valence-corrected chi connectivity index (χ4v) is 2.94. The van der Waals surface area contributed by atoms with E-state index >= 15 is 0 Å². The molecule has 0 aliphatic heterocycles. The zero-order valence-corrected chi connectivity index (χ0v) is 15.2. The van der Waals surface area contributed by atoms with E-state index in [1.807, 2.05) is 25.1 Å². The van der Waals surface area contributed by atoms with E-state index in [9.17, 15) is 9.59 Å². The molecule has 126 valence electrons. The van der Waals surface area contributed by atoms with E-state index < -0.39 is 5.97 Å². The highest BCUT2D eigenvalue weighted by molar-refractivity contribution is 9.10. The van der Waals surface area contributed by atoms with Crippen molar-refractivity contribution in [2.45, 2.75) is 13.3 Å². The van der Waals surface area contributed by atoms with Crippen LogP contribution in [-0.2, 0) is 16.0 Å². The fraction of sp³-hybridized carbons (Fsp3) is 0.188. The minimum absolute atomic E-state index is 0.169. The van der Waals surface area contributed by atoms with Gasteiger partial charge in [0.05, 0.1) is 18.7 Å². The van der Waals surface area contributed by atoms with Crippen LogP contribution in [0.5, 0.6) is 5.75 Å². The molecule has 0 aliphatic rings. The van der Waals surface area contributed by atoms with Crippen LogP contribution in [-0.4, -0.2) is 28.6 Å². The Morgan fingerprint density at radius 1 is 1.46 bits per heavy atom. The van der Waals surface area contributed by atoms with Gasteiger partial charge in [-0.3, -0.25) is 14.9 Å². The SMILES string of the molecule is CCOc1ccc(Br)cc1/C=C/C(=O)Nc1nc(CC(=O)O)cs1. The van der Waals surface area contributed by atoms with Crippen LogP contribution in [0.2, 0.25) is 0 Å². The molecule has 0 fully saturated rings. The molecule has 8 heteroatoms. The maximum absolute atomic E-state index is 12.0. The molecule has 2 rings (SSSR count). The summed E-state index contributed by atoms with van der Waals surface area (Å²) < 4.78 is 6.39. The number of aromatic nitrogens is 1. The summed E-state index contributed by atoms with van der Waals surface area (Å²) in [5, 5.41) is 13.3. The summed E-state index contributed by atoms with van der Waals surface area (Å²) in [5.41, 5.74) is 1.18. The molecular formula is C16H15BrN2O4S. The zero-order chi connectivity index (χ0) is 17.5. The molecule has 0 radical (unpaired) electrons. The molecule has 0 saturated carbocycles. The van der Waals surface area contributed by atoms with Crippen molar-refractivity contribution < 1.29 is 19.4 Å². The van der Waals surface area contributed by atoms with E-state index in [-0.39, 0.29) is 12.3 Å². The Labute approximate surface area is 151 Å². The Morgan fingerprint density at radius 2 is 2.25 bits per heavy atom. The van der Waals surface area contributed by atoms with Gasteiger partial charge in [-0.05, 0) is 31.2 Å². The number of carboxylic acids is 1. The molecule has 2 N–H and O–H groups in total. The van der Waals surface area contributed by atoms with Crippen LogP contribution in [0.1, 0.15) is 18.2 Å². The Balaban J connectivity index is 2.04. The highest BCUT2D eigenvalue weighted by atomic mass is 79.9. The number of hydrogen-bond donors (Lipinski definition) is 2. The minimum atomic E-state index is -0.962. The number of ether oxygens (including phenoxy) is 1. The smallest absolute Gasteiger partial charge is 0.309 e. The van der Waals surface area contributed by atoms with Gasteiger partial charge in [-0.25, -0.2) is 4.98 Å². The summed E-state index contributed by atoms with van der Waals surface area (Å²) in [4.78, 5) is 26.6. The molecule has 0 unspecified atom stereocenters. The normalized spacial score (nSPS) is 10.8. The molecular weight excluding hydrogens is 396 g/mol. The quantitative estimate of drug-likeness (QED) is 0.680. The lowest BCUT2D eigenvalue weighted by Gasteiger charge is -2.07. The molecule has 0 spiro atoms. The average Bonchev–Trinajstić information content (AvgIpc) is 2.93. The molecule has 6 nitrogen and oxygen atoms in total. The first-order valence-electron chi connectivity index (χ1n) is 7.05. The Morgan fingerprint density at radius 3 is 2.96 bits per heavy atom. The van der Waals surface area contributed by atoms with Gasteiger partial charge in [0.25, 0.3) is 0 Å². The van der Waals surface area contributed by atoms with E-state index in [4.69, 9.17) is 9.84 Å². The molecule has 1 aromatic heterocycles. The molecule has 0 aliphatic carbocycles. The lowest BCUT2D eigenvalue weighted by Crippen LogP contribution is -2.08. The number of hydrogen-bond acceptors (Lipinski definition) is 5. The van der Waals surface area contributed by atoms with E-state index in [1.165, 1.54) is 17.4 Å². The highest BCUT2D eigenvalue weighted by Gasteiger charge is 2.08. The van der Waals surface area contributed by atoms with Gasteiger partial charge in [0.2, 0.25) is 5.91 Å². The summed E-state index contributed by atoms with van der Waals surface area (Å²) >= 11 is 4.57. The van der Waals surface area contributed by atoms with Crippen LogP contribution in [0.15, 0.2) is 34.1 Å². The van der Waals surface area contributed by atoms with Crippen LogP contribution in [0.4, 0.5) is 5.13 Å². The number of halogens is 1. The maximum Gasteiger partial charge on any atom is 0.309 e. The monoisotopic (exact) mass is 410 g/mol. The Bertz CT molecular complexity index is 773. The van der Waals surface area contributed by atoms with Gasteiger partial charge < -0.3 is 9.84 Å². The van der Waals surface area contributed by atoms with Crippen LogP contribution in [0.3, 0.4) is 0 Å². The summed E-state index contributed by atoms with van der Waals surface area (Å²) in [5.74, 6) is -0.632. The van der Waals surface area contributed by atoms with E-state index in [2.05, 4.69) is 26.2 Å². The van der Waals surface area contributed by atoms with Crippen molar-refractivity contribution in [3.05, 3.63) is 45.4 Å². The van der Waals surface area contributed by atoms with Crippen molar-refractivity contribution in [3.8, 4) is 5.75 Å². The molecule has 1 aromatic carbocycles. The summed E-state index contributed by atoms with van der Waals surface area (Å²) in [6, 6.07) is 5.54. The van der Waals surface area contributed by atoms with E-state index in [0.29, 0.717) is 23.2 Å². The number of thiazole rings is 1. The second-order valence-electron chi connectivity index (χ2n) is 4.65. The number of nitrogens with one attached hydrogen (secondary N) is 1. The number of amides is 1. The number of anilines is 1. The van der Waals surface area contributed by atoms with Gasteiger partial charge in [-0.2, -0.15) is 0 Å². The first-order chi connectivity index (χ1) is 11.5. The third-order valence-electron chi connectivity index (χ3n) is 2.80. The van der Waals surface area contributed by atoms with Crippen LogP contribution in [0.25, 0.3) is 6.08 Å². The summed E-state index contributed by atoms with van der Waals surface area (Å²) in [7, 11) is 0. The predicted octanol–water partition coefficient (Wildman–Crippen LogP) is 3.58. The van der Waals surface area contributed by atoms with Crippen molar-refractivity contribution in [3.63, 3.8) is 0 Å². The van der Waals surface area contributed by atoms with Crippen LogP contribution >= 0.6 is 27.3 Å². The first kappa shape index (κ1) is 18.2. The van der Waals surface area contributed by atoms with Gasteiger partial charge >= 0.3 is 5.97 Å². The zero-order valence-electron chi connectivity index (χ0n) is 12.8. The second kappa shape index (κ2) is 8.60. The summed E-state index contributed by atoms with van der Waals surface area (Å²) in [6.45, 7) is 2.42. The van der Waals surface area contributed by atoms with E-state index in [0.717, 1.165) is 10.0 Å². The number of carbonyl (C=O) groups is 2. The van der Waals surface area contributed by atoms with E-state index in [1.54, 1.807) is 11.5 Å². The van der Waals surface area contributed by atoms with Crippen molar-refractivity contribution in [1.29, 1.82) is 0 Å². The molecule has 1 heterocycles. The lowest BCUT2D eigenvalue weighted by atomic mass is 10.2. The van der Waals surface area contributed by atoms with Crippen molar-refractivity contribution >= 4 is 50.4 Å². The molecule has 0 saturated heterocycles. The van der Waals surface area contributed by atoms with Crippen molar-refractivity contribution in [1.82, 2.24) is 4.98 Å². The fourth-order valence-electron chi connectivity index (χ4n) is 1.85. The van der Waals surface area contributed by atoms with Gasteiger partial charge in [-0.15, -0.1) is 11.3 Å². The maximum atomic E-state index is 12.0. The van der Waals surface area contributed by atoms with Gasteiger partial charge in [0.1, 0.15) is 5.75 Å². The van der Waals surface area contributed by atoms with Crippen LogP contribution in [0, 0.1) is 0 Å². The largest absolute Gasteiger partial charge is 0.493 e. The Hall–Kier alpha value is -2.19. The standard InChI is InChI=1S/C16H15BrN2O4S/c1-2-23-13-5-4-11(17)7-10(13)3-6-14(20)19-16-18-12(9-24-16)8-15(21)22/h3-7,9H,2,8H2,1H3,(H,21,22)(H,18,19,20)/b6-3+. The Kier molecular flexibility index (Phi) is 6.51. The van der Waals surface area contributed by atoms with Gasteiger partial charge in [0.15, 0.2) is 5.13 Å². The predicted molar refractivity (Wildman–Crippen MR) is 96.4 cm³/mol. The summed E-state index contributed by atoms with van der Waals surface area (Å²) in [6.07, 6.45) is 2.86. The minimum Gasteiger partial charge on any atom is -0.493 e. The average molecular weight is 411 g/mol. The van der Waals surface area contributed by atoms with Gasteiger partial charge in [0, 0.05) is 21.5 Å². The molecule has 0 atom stereocenters. The third-order valence-corrected chi connectivity index (χ3v) is 4.10. The van der Waals surface area contributed by atoms with Crippen molar-refractivity contribution in [2.75, 3.05) is 11.9 Å². The van der Waals surface area contributed by atoms with Gasteiger partial charge in [-0.1, -0.05) is 15.9 Å². The molecule has 24 heavy (non-hydrogen) atoms. The number of carbonyl (C=O) groups excluding carboxylic acids is 1. The molecule has 0 bridgehead atoms. The second-order valence-corrected chi connectivity index (χ2v) is 6.43.